The summed E-state index contributed by atoms with van der Waals surface area (Å²) in [4.78, 5) is 10.6. The molecule has 6 heteroatoms. The topological polar surface area (TPSA) is 73.6 Å². The molecule has 1 heterocycles. The van der Waals surface area contributed by atoms with Crippen LogP contribution in [0.5, 0.6) is 11.5 Å². The third-order valence-corrected chi connectivity index (χ3v) is 3.53. The molecule has 1 aliphatic heterocycles. The SMILES string of the molecule is CC(C)Oc1cc(OC2CNCCC2C)ccc1[N+](=O)[O-]. The minimum absolute atomic E-state index is 0.0362. The summed E-state index contributed by atoms with van der Waals surface area (Å²) in [6.07, 6.45) is 1.01. The molecule has 0 bridgehead atoms. The quantitative estimate of drug-likeness (QED) is 0.667. The Hall–Kier alpha value is -1.82. The predicted octanol–water partition coefficient (Wildman–Crippen LogP) is 2.76. The summed E-state index contributed by atoms with van der Waals surface area (Å²) in [5.41, 5.74) is -0.0362. The summed E-state index contributed by atoms with van der Waals surface area (Å²) in [6, 6.07) is 4.68. The lowest BCUT2D eigenvalue weighted by molar-refractivity contribution is -0.386. The lowest BCUT2D eigenvalue weighted by atomic mass is 9.97. The molecule has 2 rings (SSSR count). The van der Waals surface area contributed by atoms with Gasteiger partial charge in [-0.1, -0.05) is 6.92 Å². The maximum atomic E-state index is 11.0. The molecule has 0 aliphatic carbocycles. The van der Waals surface area contributed by atoms with Crippen molar-refractivity contribution in [1.29, 1.82) is 0 Å². The Morgan fingerprint density at radius 2 is 2.19 bits per heavy atom. The molecular weight excluding hydrogens is 272 g/mol. The highest BCUT2D eigenvalue weighted by molar-refractivity contribution is 5.50. The van der Waals surface area contributed by atoms with Crippen molar-refractivity contribution in [2.45, 2.75) is 39.4 Å². The van der Waals surface area contributed by atoms with E-state index < -0.39 is 4.92 Å². The van der Waals surface area contributed by atoms with E-state index in [1.54, 1.807) is 12.1 Å². The third-order valence-electron chi connectivity index (χ3n) is 3.53. The Morgan fingerprint density at radius 1 is 1.43 bits per heavy atom. The van der Waals surface area contributed by atoms with Crippen molar-refractivity contribution < 1.29 is 14.4 Å². The standard InChI is InChI=1S/C15H22N2O4/c1-10(2)20-14-8-12(4-5-13(14)17(18)19)21-15-9-16-7-6-11(15)3/h4-5,8,10-11,15-16H,6-7,9H2,1-3H3. The minimum atomic E-state index is -0.438. The number of nitro benzene ring substituents is 1. The predicted molar refractivity (Wildman–Crippen MR) is 79.9 cm³/mol. The zero-order valence-electron chi connectivity index (χ0n) is 12.7. The lowest BCUT2D eigenvalue weighted by Crippen LogP contribution is -2.42. The number of rotatable bonds is 5. The average Bonchev–Trinajstić information content (AvgIpc) is 2.40. The van der Waals surface area contributed by atoms with Crippen molar-refractivity contribution >= 4 is 5.69 Å². The number of hydrogen-bond donors (Lipinski definition) is 1. The molecule has 1 aromatic rings. The van der Waals surface area contributed by atoms with E-state index in [1.807, 2.05) is 13.8 Å². The van der Waals surface area contributed by atoms with Crippen LogP contribution in [0.1, 0.15) is 27.2 Å². The van der Waals surface area contributed by atoms with Crippen LogP contribution in [-0.2, 0) is 0 Å². The highest BCUT2D eigenvalue weighted by atomic mass is 16.6. The van der Waals surface area contributed by atoms with Gasteiger partial charge in [-0.25, -0.2) is 0 Å². The fourth-order valence-electron chi connectivity index (χ4n) is 2.36. The maximum absolute atomic E-state index is 11.0. The molecule has 116 valence electrons. The molecule has 0 amide bonds. The molecule has 2 atom stereocenters. The van der Waals surface area contributed by atoms with Gasteiger partial charge in [-0.3, -0.25) is 10.1 Å². The first-order valence-electron chi connectivity index (χ1n) is 7.30. The van der Waals surface area contributed by atoms with Crippen LogP contribution in [0.25, 0.3) is 0 Å². The van der Waals surface area contributed by atoms with Crippen molar-refractivity contribution in [2.24, 2.45) is 5.92 Å². The van der Waals surface area contributed by atoms with Crippen LogP contribution in [0.2, 0.25) is 0 Å². The molecule has 21 heavy (non-hydrogen) atoms. The smallest absolute Gasteiger partial charge is 0.311 e. The van der Waals surface area contributed by atoms with E-state index >= 15 is 0 Å². The van der Waals surface area contributed by atoms with Crippen molar-refractivity contribution in [3.05, 3.63) is 28.3 Å². The van der Waals surface area contributed by atoms with Crippen LogP contribution >= 0.6 is 0 Å². The number of piperidine rings is 1. The van der Waals surface area contributed by atoms with Gasteiger partial charge >= 0.3 is 5.69 Å². The molecule has 1 fully saturated rings. The summed E-state index contributed by atoms with van der Waals surface area (Å²) in [5.74, 6) is 1.32. The van der Waals surface area contributed by atoms with Crippen LogP contribution in [0.15, 0.2) is 18.2 Å². The molecule has 6 nitrogen and oxygen atoms in total. The average molecular weight is 294 g/mol. The Balaban J connectivity index is 2.18. The lowest BCUT2D eigenvalue weighted by Gasteiger charge is -2.30. The van der Waals surface area contributed by atoms with E-state index in [9.17, 15) is 10.1 Å². The van der Waals surface area contributed by atoms with E-state index in [1.165, 1.54) is 6.07 Å². The number of hydrogen-bond acceptors (Lipinski definition) is 5. The van der Waals surface area contributed by atoms with E-state index in [-0.39, 0.29) is 23.6 Å². The first kappa shape index (κ1) is 15.6. The largest absolute Gasteiger partial charge is 0.489 e. The maximum Gasteiger partial charge on any atom is 0.311 e. The number of ether oxygens (including phenoxy) is 2. The van der Waals surface area contributed by atoms with Crippen LogP contribution in [0, 0.1) is 16.0 Å². The molecule has 0 spiro atoms. The number of nitro groups is 1. The van der Waals surface area contributed by atoms with Gasteiger partial charge in [0.15, 0.2) is 0 Å². The summed E-state index contributed by atoms with van der Waals surface area (Å²) >= 11 is 0. The van der Waals surface area contributed by atoms with Crippen LogP contribution < -0.4 is 14.8 Å². The van der Waals surface area contributed by atoms with Gasteiger partial charge in [-0.05, 0) is 38.8 Å². The molecule has 1 saturated heterocycles. The monoisotopic (exact) mass is 294 g/mol. The summed E-state index contributed by atoms with van der Waals surface area (Å²) in [5, 5.41) is 14.3. The van der Waals surface area contributed by atoms with Crippen molar-refractivity contribution in [2.75, 3.05) is 13.1 Å². The van der Waals surface area contributed by atoms with Gasteiger partial charge < -0.3 is 14.8 Å². The second kappa shape index (κ2) is 6.76. The zero-order valence-corrected chi connectivity index (χ0v) is 12.7. The van der Waals surface area contributed by atoms with Crippen molar-refractivity contribution in [3.8, 4) is 11.5 Å². The molecule has 0 radical (unpaired) electrons. The third kappa shape index (κ3) is 4.07. The van der Waals surface area contributed by atoms with Gasteiger partial charge in [0.2, 0.25) is 5.75 Å². The van der Waals surface area contributed by atoms with Gasteiger partial charge in [0.1, 0.15) is 11.9 Å². The Bertz CT molecular complexity index is 504. The molecule has 0 saturated carbocycles. The van der Waals surface area contributed by atoms with Crippen LogP contribution in [0.4, 0.5) is 5.69 Å². The fraction of sp³-hybridized carbons (Fsp3) is 0.600. The highest BCUT2D eigenvalue weighted by Crippen LogP contribution is 2.33. The molecule has 1 aliphatic rings. The molecule has 1 aromatic carbocycles. The van der Waals surface area contributed by atoms with E-state index in [4.69, 9.17) is 9.47 Å². The fourth-order valence-corrected chi connectivity index (χ4v) is 2.36. The number of benzene rings is 1. The summed E-state index contributed by atoms with van der Waals surface area (Å²) < 4.78 is 11.5. The van der Waals surface area contributed by atoms with Gasteiger partial charge in [-0.15, -0.1) is 0 Å². The first-order chi connectivity index (χ1) is 9.97. The summed E-state index contributed by atoms with van der Waals surface area (Å²) in [6.45, 7) is 7.62. The van der Waals surface area contributed by atoms with E-state index in [2.05, 4.69) is 12.2 Å². The van der Waals surface area contributed by atoms with Crippen LogP contribution in [0.3, 0.4) is 0 Å². The van der Waals surface area contributed by atoms with Crippen molar-refractivity contribution in [1.82, 2.24) is 5.32 Å². The first-order valence-corrected chi connectivity index (χ1v) is 7.30. The number of nitrogens with one attached hydrogen (secondary N) is 1. The second-order valence-electron chi connectivity index (χ2n) is 5.68. The van der Waals surface area contributed by atoms with Crippen LogP contribution in [-0.4, -0.2) is 30.2 Å². The Kier molecular flexibility index (Phi) is 5.01. The Morgan fingerprint density at radius 3 is 2.81 bits per heavy atom. The van der Waals surface area contributed by atoms with Gasteiger partial charge in [0, 0.05) is 18.7 Å². The van der Waals surface area contributed by atoms with Gasteiger partial charge in [-0.2, -0.15) is 0 Å². The molecule has 2 unspecified atom stereocenters. The van der Waals surface area contributed by atoms with E-state index in [0.717, 1.165) is 19.5 Å². The zero-order chi connectivity index (χ0) is 15.4. The molecular formula is C15H22N2O4. The van der Waals surface area contributed by atoms with Crippen molar-refractivity contribution in [3.63, 3.8) is 0 Å². The second-order valence-corrected chi connectivity index (χ2v) is 5.68. The Labute approximate surface area is 124 Å². The highest BCUT2D eigenvalue weighted by Gasteiger charge is 2.24. The molecule has 0 aromatic heterocycles. The van der Waals surface area contributed by atoms with E-state index in [0.29, 0.717) is 11.7 Å². The number of nitrogens with zero attached hydrogens (tertiary/aromatic N) is 1. The summed E-state index contributed by atoms with van der Waals surface area (Å²) in [7, 11) is 0. The minimum Gasteiger partial charge on any atom is -0.489 e. The normalized spacial score (nSPS) is 22.1. The van der Waals surface area contributed by atoms with Gasteiger partial charge in [0.05, 0.1) is 11.0 Å². The molecule has 1 N–H and O–H groups in total. The van der Waals surface area contributed by atoms with Gasteiger partial charge in [0.25, 0.3) is 0 Å².